The van der Waals surface area contributed by atoms with Gasteiger partial charge in [-0.1, -0.05) is 13.0 Å². The monoisotopic (exact) mass is 337 g/mol. The number of hydrogen-bond donors (Lipinski definition) is 1. The van der Waals surface area contributed by atoms with Crippen molar-refractivity contribution in [2.24, 2.45) is 0 Å². The molecule has 1 unspecified atom stereocenters. The Balaban J connectivity index is 2.54. The molecule has 2 N–H and O–H groups in total. The van der Waals surface area contributed by atoms with Gasteiger partial charge in [0, 0.05) is 11.9 Å². The fourth-order valence-electron chi connectivity index (χ4n) is 2.06. The van der Waals surface area contributed by atoms with Crippen molar-refractivity contribution in [1.29, 1.82) is 0 Å². The van der Waals surface area contributed by atoms with Gasteiger partial charge in [0.15, 0.2) is 11.6 Å². The standard InChI is InChI=1S/C15H16FN3O3S/c1-4-23(21)15-18-7-9(14(17)19-15)12(20)11-8(2)5-6-10(16)13(11)22-3/h5-7H,4H2,1-3H3,(H2,17,18,19). The molecule has 0 fully saturated rings. The summed E-state index contributed by atoms with van der Waals surface area (Å²) in [6, 6.07) is 2.70. The number of nitrogens with two attached hydrogens (primary N) is 1. The topological polar surface area (TPSA) is 95.2 Å². The molecule has 0 amide bonds. The summed E-state index contributed by atoms with van der Waals surface area (Å²) in [5.74, 6) is -1.12. The lowest BCUT2D eigenvalue weighted by molar-refractivity contribution is 0.103. The zero-order valence-corrected chi connectivity index (χ0v) is 13.7. The summed E-state index contributed by atoms with van der Waals surface area (Å²) in [4.78, 5) is 20.5. The van der Waals surface area contributed by atoms with Gasteiger partial charge in [0.25, 0.3) is 0 Å². The first kappa shape index (κ1) is 17.0. The van der Waals surface area contributed by atoms with Gasteiger partial charge in [0.05, 0.1) is 29.0 Å². The number of halogens is 1. The highest BCUT2D eigenvalue weighted by Gasteiger charge is 2.23. The van der Waals surface area contributed by atoms with Crippen LogP contribution in [0.3, 0.4) is 0 Å². The lowest BCUT2D eigenvalue weighted by atomic mass is 9.99. The molecule has 0 saturated carbocycles. The zero-order chi connectivity index (χ0) is 17.1. The van der Waals surface area contributed by atoms with Gasteiger partial charge in [-0.05, 0) is 18.6 Å². The molecule has 0 aliphatic rings. The van der Waals surface area contributed by atoms with E-state index in [1.54, 1.807) is 13.8 Å². The molecule has 0 spiro atoms. The van der Waals surface area contributed by atoms with Gasteiger partial charge in [-0.2, -0.15) is 0 Å². The summed E-state index contributed by atoms with van der Waals surface area (Å²) in [5, 5.41) is 0.0597. The Morgan fingerprint density at radius 2 is 2.13 bits per heavy atom. The van der Waals surface area contributed by atoms with E-state index in [1.165, 1.54) is 25.4 Å². The number of rotatable bonds is 5. The van der Waals surface area contributed by atoms with Crippen molar-refractivity contribution in [3.05, 3.63) is 40.8 Å². The van der Waals surface area contributed by atoms with Gasteiger partial charge in [-0.25, -0.2) is 14.4 Å². The Morgan fingerprint density at radius 3 is 2.70 bits per heavy atom. The van der Waals surface area contributed by atoms with E-state index >= 15 is 0 Å². The number of aromatic nitrogens is 2. The van der Waals surface area contributed by atoms with Crippen LogP contribution < -0.4 is 10.5 Å². The molecule has 0 aliphatic heterocycles. The van der Waals surface area contributed by atoms with E-state index in [0.29, 0.717) is 11.3 Å². The molecule has 0 bridgehead atoms. The predicted octanol–water partition coefficient (Wildman–Crippen LogP) is 1.87. The van der Waals surface area contributed by atoms with Crippen LogP contribution in [-0.2, 0) is 10.8 Å². The molecule has 1 aromatic carbocycles. The highest BCUT2D eigenvalue weighted by Crippen LogP contribution is 2.29. The van der Waals surface area contributed by atoms with Crippen LogP contribution in [0.2, 0.25) is 0 Å². The van der Waals surface area contributed by atoms with E-state index < -0.39 is 22.4 Å². The second-order valence-corrected chi connectivity index (χ2v) is 6.32. The molecule has 0 radical (unpaired) electrons. The van der Waals surface area contributed by atoms with Crippen LogP contribution in [0.4, 0.5) is 10.2 Å². The Hall–Kier alpha value is -2.35. The number of aryl methyl sites for hydroxylation is 1. The number of hydrogen-bond acceptors (Lipinski definition) is 6. The summed E-state index contributed by atoms with van der Waals surface area (Å²) in [6.07, 6.45) is 1.21. The van der Waals surface area contributed by atoms with Crippen LogP contribution in [0.15, 0.2) is 23.5 Å². The highest BCUT2D eigenvalue weighted by molar-refractivity contribution is 7.84. The SMILES string of the molecule is CCS(=O)c1ncc(C(=O)c2c(C)ccc(F)c2OC)c(N)n1. The molecule has 8 heteroatoms. The highest BCUT2D eigenvalue weighted by atomic mass is 32.2. The first-order valence-corrected chi connectivity index (χ1v) is 8.11. The summed E-state index contributed by atoms with van der Waals surface area (Å²) in [5.41, 5.74) is 6.40. The molecule has 6 nitrogen and oxygen atoms in total. The summed E-state index contributed by atoms with van der Waals surface area (Å²) in [6.45, 7) is 3.38. The summed E-state index contributed by atoms with van der Waals surface area (Å²) in [7, 11) is -0.0992. The number of ketones is 1. The quantitative estimate of drug-likeness (QED) is 0.661. The maximum atomic E-state index is 13.8. The van der Waals surface area contributed by atoms with Crippen LogP contribution in [0, 0.1) is 12.7 Å². The van der Waals surface area contributed by atoms with E-state index in [9.17, 15) is 13.4 Å². The molecule has 0 aliphatic carbocycles. The van der Waals surface area contributed by atoms with Crippen molar-refractivity contribution in [3.63, 3.8) is 0 Å². The predicted molar refractivity (Wildman–Crippen MR) is 84.5 cm³/mol. The normalized spacial score (nSPS) is 12.0. The fourth-order valence-corrected chi connectivity index (χ4v) is 2.69. The van der Waals surface area contributed by atoms with Crippen molar-refractivity contribution in [3.8, 4) is 5.75 Å². The smallest absolute Gasteiger partial charge is 0.220 e. The minimum atomic E-state index is -1.38. The van der Waals surface area contributed by atoms with E-state index in [2.05, 4.69) is 9.97 Å². The minimum Gasteiger partial charge on any atom is -0.493 e. The number of carbonyl (C=O) groups excluding carboxylic acids is 1. The Kier molecular flexibility index (Phi) is 5.05. The molecule has 23 heavy (non-hydrogen) atoms. The maximum Gasteiger partial charge on any atom is 0.220 e. The van der Waals surface area contributed by atoms with Gasteiger partial charge in [0.1, 0.15) is 5.82 Å². The maximum absolute atomic E-state index is 13.8. The molecule has 2 aromatic rings. The largest absolute Gasteiger partial charge is 0.493 e. The number of nitrogen functional groups attached to an aromatic ring is 1. The van der Waals surface area contributed by atoms with Crippen LogP contribution >= 0.6 is 0 Å². The van der Waals surface area contributed by atoms with Crippen LogP contribution in [-0.4, -0.2) is 32.8 Å². The Labute approximate surface area is 135 Å². The molecule has 1 heterocycles. The van der Waals surface area contributed by atoms with Crippen molar-refractivity contribution < 1.29 is 18.1 Å². The fraction of sp³-hybridized carbons (Fsp3) is 0.267. The van der Waals surface area contributed by atoms with E-state index in [1.807, 2.05) is 0 Å². The molecule has 1 atom stereocenters. The van der Waals surface area contributed by atoms with Gasteiger partial charge in [0.2, 0.25) is 10.9 Å². The number of ether oxygens (including phenoxy) is 1. The third kappa shape index (κ3) is 3.21. The Bertz CT molecular complexity index is 796. The van der Waals surface area contributed by atoms with Crippen molar-refractivity contribution in [1.82, 2.24) is 9.97 Å². The van der Waals surface area contributed by atoms with Crippen molar-refractivity contribution >= 4 is 22.4 Å². The van der Waals surface area contributed by atoms with E-state index in [-0.39, 0.29) is 27.9 Å². The van der Waals surface area contributed by atoms with Crippen LogP contribution in [0.25, 0.3) is 0 Å². The molecular formula is C15H16FN3O3S. The molecule has 2 rings (SSSR count). The zero-order valence-electron chi connectivity index (χ0n) is 12.9. The third-order valence-electron chi connectivity index (χ3n) is 3.26. The van der Waals surface area contributed by atoms with Crippen molar-refractivity contribution in [2.45, 2.75) is 19.0 Å². The first-order chi connectivity index (χ1) is 10.9. The van der Waals surface area contributed by atoms with E-state index in [0.717, 1.165) is 0 Å². The summed E-state index contributed by atoms with van der Waals surface area (Å²) < 4.78 is 30.5. The van der Waals surface area contributed by atoms with Crippen LogP contribution in [0.1, 0.15) is 28.4 Å². The second kappa shape index (κ2) is 6.82. The number of carbonyl (C=O) groups is 1. The number of benzene rings is 1. The van der Waals surface area contributed by atoms with Crippen molar-refractivity contribution in [2.75, 3.05) is 18.6 Å². The lowest BCUT2D eigenvalue weighted by Gasteiger charge is -2.12. The lowest BCUT2D eigenvalue weighted by Crippen LogP contribution is -2.13. The second-order valence-electron chi connectivity index (χ2n) is 4.69. The van der Waals surface area contributed by atoms with Crippen LogP contribution in [0.5, 0.6) is 5.75 Å². The van der Waals surface area contributed by atoms with E-state index in [4.69, 9.17) is 10.5 Å². The number of methoxy groups -OCH3 is 1. The van der Waals surface area contributed by atoms with Gasteiger partial charge >= 0.3 is 0 Å². The summed E-state index contributed by atoms with van der Waals surface area (Å²) >= 11 is 0. The third-order valence-corrected chi connectivity index (χ3v) is 4.38. The minimum absolute atomic E-state index is 0.00820. The Morgan fingerprint density at radius 1 is 1.43 bits per heavy atom. The van der Waals surface area contributed by atoms with Gasteiger partial charge in [-0.3, -0.25) is 9.00 Å². The number of nitrogens with zero attached hydrogens (tertiary/aromatic N) is 2. The molecule has 0 saturated heterocycles. The van der Waals surface area contributed by atoms with Gasteiger partial charge < -0.3 is 10.5 Å². The molecule has 122 valence electrons. The average Bonchev–Trinajstić information content (AvgIpc) is 2.55. The average molecular weight is 337 g/mol. The number of anilines is 1. The van der Waals surface area contributed by atoms with Gasteiger partial charge in [-0.15, -0.1) is 0 Å². The molecule has 1 aromatic heterocycles. The first-order valence-electron chi connectivity index (χ1n) is 6.79. The molecular weight excluding hydrogens is 321 g/mol.